The molecule has 1 amide bonds. The van der Waals surface area contributed by atoms with E-state index in [-0.39, 0.29) is 5.91 Å². The second-order valence-electron chi connectivity index (χ2n) is 6.46. The number of halogens is 1. The third-order valence-corrected chi connectivity index (χ3v) is 7.25. The lowest BCUT2D eigenvalue weighted by Gasteiger charge is -2.17. The van der Waals surface area contributed by atoms with Gasteiger partial charge in [0.1, 0.15) is 10.7 Å². The van der Waals surface area contributed by atoms with Crippen molar-refractivity contribution in [2.75, 3.05) is 31.5 Å². The summed E-state index contributed by atoms with van der Waals surface area (Å²) in [5, 5.41) is 1.61. The molecule has 0 saturated carbocycles. The zero-order valence-corrected chi connectivity index (χ0v) is 18.5. The molecular weight excluding hydrogens is 426 g/mol. The van der Waals surface area contributed by atoms with Crippen molar-refractivity contribution in [3.8, 4) is 5.75 Å². The summed E-state index contributed by atoms with van der Waals surface area (Å²) < 4.78 is 5.35. The van der Waals surface area contributed by atoms with Crippen LogP contribution in [0.2, 0.25) is 0 Å². The number of benzene rings is 2. The van der Waals surface area contributed by atoms with Gasteiger partial charge >= 0.3 is 0 Å². The molecule has 150 valence electrons. The lowest BCUT2D eigenvalue weighted by atomic mass is 10.2. The van der Waals surface area contributed by atoms with Gasteiger partial charge in [0, 0.05) is 23.9 Å². The molecule has 0 spiro atoms. The SMILES string of the molecule is COc1ccc2c(c1)N(C)/C(=C1/SC(=NCCCl)N(Cc3ccccc3)C1=O)S2. The number of methoxy groups -OCH3 is 1. The van der Waals surface area contributed by atoms with Gasteiger partial charge in [-0.05, 0) is 29.5 Å². The minimum absolute atomic E-state index is 0.0266. The molecule has 1 saturated heterocycles. The van der Waals surface area contributed by atoms with E-state index in [1.165, 1.54) is 11.8 Å². The maximum absolute atomic E-state index is 13.4. The number of carbonyl (C=O) groups is 1. The third-order valence-electron chi connectivity index (χ3n) is 4.61. The lowest BCUT2D eigenvalue weighted by Crippen LogP contribution is -2.29. The van der Waals surface area contributed by atoms with E-state index < -0.39 is 0 Å². The molecule has 2 aromatic carbocycles. The predicted octanol–water partition coefficient (Wildman–Crippen LogP) is 4.78. The van der Waals surface area contributed by atoms with Gasteiger partial charge in [-0.3, -0.25) is 14.7 Å². The zero-order valence-electron chi connectivity index (χ0n) is 16.1. The molecule has 0 bridgehead atoms. The highest BCUT2D eigenvalue weighted by Crippen LogP contribution is 2.51. The Balaban J connectivity index is 1.68. The molecule has 0 radical (unpaired) electrons. The second-order valence-corrected chi connectivity index (χ2v) is 8.85. The van der Waals surface area contributed by atoms with E-state index in [9.17, 15) is 4.79 Å². The Labute approximate surface area is 183 Å². The van der Waals surface area contributed by atoms with E-state index in [2.05, 4.69) is 4.99 Å². The second kappa shape index (κ2) is 8.73. The first-order valence-electron chi connectivity index (χ1n) is 9.10. The van der Waals surface area contributed by atoms with E-state index >= 15 is 0 Å². The van der Waals surface area contributed by atoms with Crippen molar-refractivity contribution in [1.29, 1.82) is 0 Å². The first-order chi connectivity index (χ1) is 14.1. The van der Waals surface area contributed by atoms with E-state index in [0.717, 1.165) is 26.9 Å². The fourth-order valence-electron chi connectivity index (χ4n) is 3.15. The number of hydrogen-bond acceptors (Lipinski definition) is 6. The van der Waals surface area contributed by atoms with Crippen LogP contribution in [0.4, 0.5) is 5.69 Å². The molecule has 2 aromatic rings. The Morgan fingerprint density at radius 1 is 1.14 bits per heavy atom. The molecule has 0 atom stereocenters. The van der Waals surface area contributed by atoms with Crippen LogP contribution in [-0.2, 0) is 11.3 Å². The Hall–Kier alpha value is -2.09. The van der Waals surface area contributed by atoms with Crippen LogP contribution in [0.1, 0.15) is 5.56 Å². The number of alkyl halides is 1. The van der Waals surface area contributed by atoms with E-state index in [1.807, 2.05) is 60.5 Å². The summed E-state index contributed by atoms with van der Waals surface area (Å²) in [5.74, 6) is 1.19. The monoisotopic (exact) mass is 445 g/mol. The standard InChI is InChI=1S/C21H20ClN3O2S2/c1-24-16-12-15(27-2)8-9-17(16)28-20(24)18-19(26)25(21(29-18)23-11-10-22)13-14-6-4-3-5-7-14/h3-9,12H,10-11,13H2,1-2H3/b20-18-,23-21?. The summed E-state index contributed by atoms with van der Waals surface area (Å²) in [6.45, 7) is 0.963. The number of nitrogens with zero attached hydrogens (tertiary/aromatic N) is 3. The number of fused-ring (bicyclic) bond motifs is 1. The van der Waals surface area contributed by atoms with Gasteiger partial charge in [-0.15, -0.1) is 11.6 Å². The highest BCUT2D eigenvalue weighted by atomic mass is 35.5. The molecule has 29 heavy (non-hydrogen) atoms. The van der Waals surface area contributed by atoms with E-state index in [1.54, 1.807) is 23.8 Å². The minimum Gasteiger partial charge on any atom is -0.497 e. The van der Waals surface area contributed by atoms with Crippen LogP contribution in [0.25, 0.3) is 0 Å². The molecule has 8 heteroatoms. The highest BCUT2D eigenvalue weighted by molar-refractivity contribution is 8.19. The summed E-state index contributed by atoms with van der Waals surface area (Å²) in [6, 6.07) is 15.9. The maximum atomic E-state index is 13.4. The van der Waals surface area contributed by atoms with Crippen LogP contribution in [0.3, 0.4) is 0 Å². The lowest BCUT2D eigenvalue weighted by molar-refractivity contribution is -0.122. The molecule has 0 unspecified atom stereocenters. The number of anilines is 1. The van der Waals surface area contributed by atoms with Crippen LogP contribution in [0.5, 0.6) is 5.75 Å². The van der Waals surface area contributed by atoms with Crippen molar-refractivity contribution in [1.82, 2.24) is 4.90 Å². The topological polar surface area (TPSA) is 45.1 Å². The number of rotatable bonds is 5. The normalized spacial score (nSPS) is 20.0. The molecule has 1 fully saturated rings. The fourth-order valence-corrected chi connectivity index (χ4v) is 5.56. The van der Waals surface area contributed by atoms with Crippen LogP contribution >= 0.6 is 35.1 Å². The van der Waals surface area contributed by atoms with Crippen molar-refractivity contribution in [2.45, 2.75) is 11.4 Å². The zero-order chi connectivity index (χ0) is 20.4. The number of carbonyl (C=O) groups excluding carboxylic acids is 1. The van der Waals surface area contributed by atoms with Gasteiger partial charge in [-0.2, -0.15) is 0 Å². The average molecular weight is 446 g/mol. The number of amides is 1. The molecule has 5 nitrogen and oxygen atoms in total. The smallest absolute Gasteiger partial charge is 0.269 e. The Bertz CT molecular complexity index is 995. The van der Waals surface area contributed by atoms with Gasteiger partial charge in [0.25, 0.3) is 5.91 Å². The van der Waals surface area contributed by atoms with Crippen molar-refractivity contribution in [3.63, 3.8) is 0 Å². The van der Waals surface area contributed by atoms with Crippen molar-refractivity contribution >= 4 is 51.9 Å². The highest BCUT2D eigenvalue weighted by Gasteiger charge is 2.39. The summed E-state index contributed by atoms with van der Waals surface area (Å²) >= 11 is 8.86. The van der Waals surface area contributed by atoms with Crippen LogP contribution in [0, 0.1) is 0 Å². The molecular formula is C21H20ClN3O2S2. The minimum atomic E-state index is -0.0266. The molecule has 0 aromatic heterocycles. The molecule has 0 aliphatic carbocycles. The number of amidine groups is 1. The Kier molecular flexibility index (Phi) is 6.08. The summed E-state index contributed by atoms with van der Waals surface area (Å²) in [5.41, 5.74) is 2.10. The van der Waals surface area contributed by atoms with Gasteiger partial charge in [0.05, 0.1) is 30.9 Å². The Morgan fingerprint density at radius 2 is 1.93 bits per heavy atom. The average Bonchev–Trinajstić information content (AvgIpc) is 3.24. The quantitative estimate of drug-likeness (QED) is 0.489. The summed E-state index contributed by atoms with van der Waals surface area (Å²) in [6.07, 6.45) is 0. The number of aliphatic imine (C=N–C) groups is 1. The summed E-state index contributed by atoms with van der Waals surface area (Å²) in [7, 11) is 3.63. The molecule has 2 aliphatic rings. The fraction of sp³-hybridized carbons (Fsp3) is 0.238. The number of ether oxygens (including phenoxy) is 1. The largest absolute Gasteiger partial charge is 0.497 e. The first-order valence-corrected chi connectivity index (χ1v) is 11.3. The van der Waals surface area contributed by atoms with Crippen molar-refractivity contribution in [3.05, 3.63) is 64.0 Å². The van der Waals surface area contributed by atoms with Gasteiger partial charge in [-0.1, -0.05) is 42.1 Å². The van der Waals surface area contributed by atoms with Crippen LogP contribution in [-0.4, -0.2) is 42.6 Å². The van der Waals surface area contributed by atoms with Gasteiger partial charge in [0.15, 0.2) is 5.17 Å². The van der Waals surface area contributed by atoms with Crippen LogP contribution in [0.15, 0.2) is 68.4 Å². The maximum Gasteiger partial charge on any atom is 0.269 e. The van der Waals surface area contributed by atoms with Gasteiger partial charge < -0.3 is 9.64 Å². The number of thioether (sulfide) groups is 2. The third kappa shape index (κ3) is 3.99. The molecule has 4 rings (SSSR count). The van der Waals surface area contributed by atoms with Gasteiger partial charge in [-0.25, -0.2) is 0 Å². The van der Waals surface area contributed by atoms with Crippen molar-refractivity contribution < 1.29 is 9.53 Å². The Morgan fingerprint density at radius 3 is 2.66 bits per heavy atom. The van der Waals surface area contributed by atoms with Crippen LogP contribution < -0.4 is 9.64 Å². The van der Waals surface area contributed by atoms with E-state index in [4.69, 9.17) is 16.3 Å². The number of hydrogen-bond donors (Lipinski definition) is 0. The van der Waals surface area contributed by atoms with Gasteiger partial charge in [0.2, 0.25) is 0 Å². The molecule has 0 N–H and O–H groups in total. The summed E-state index contributed by atoms with van der Waals surface area (Å²) in [4.78, 5) is 23.5. The predicted molar refractivity (Wildman–Crippen MR) is 122 cm³/mol. The first kappa shape index (κ1) is 20.2. The van der Waals surface area contributed by atoms with E-state index in [0.29, 0.717) is 29.0 Å². The molecule has 2 aliphatic heterocycles. The van der Waals surface area contributed by atoms with Crippen molar-refractivity contribution in [2.24, 2.45) is 4.99 Å². The molecule has 2 heterocycles.